The molecule has 8 aromatic carbocycles. The number of carbonyl (C=O) groups is 2. The number of nitrogens with zero attached hydrogens (tertiary/aromatic N) is 4. The summed E-state index contributed by atoms with van der Waals surface area (Å²) < 4.78 is 104. The monoisotopic (exact) mass is 1150 g/mol. The zero-order chi connectivity index (χ0) is 59.1. The average Bonchev–Trinajstić information content (AvgIpc) is 1.34. The zero-order valence-corrected chi connectivity index (χ0v) is 42.9. The van der Waals surface area contributed by atoms with Crippen LogP contribution >= 0.6 is 0 Å². The van der Waals surface area contributed by atoms with Crippen LogP contribution in [0.15, 0.2) is 182 Å². The number of ether oxygens (including phenoxy) is 1. The summed E-state index contributed by atoms with van der Waals surface area (Å²) in [5, 5.41) is 1.96. The molecule has 1 saturated carbocycles. The summed E-state index contributed by atoms with van der Waals surface area (Å²) >= 11 is 2.12. The molecule has 0 spiro atoms. The number of hydrogen-bond donors (Lipinski definition) is 0. The molecular formula is C66H50N4O3Pt-2. The third kappa shape index (κ3) is 7.67. The van der Waals surface area contributed by atoms with Crippen molar-refractivity contribution in [3.8, 4) is 62.1 Å². The summed E-state index contributed by atoms with van der Waals surface area (Å²) in [7, 11) is 0. The first-order chi connectivity index (χ1) is 40.1. The van der Waals surface area contributed by atoms with Crippen molar-refractivity contribution in [1.29, 1.82) is 0 Å². The molecule has 0 amide bonds. The van der Waals surface area contributed by atoms with Crippen molar-refractivity contribution in [2.45, 2.75) is 58.3 Å². The first-order valence-electron chi connectivity index (χ1n) is 29.4. The van der Waals surface area contributed by atoms with Gasteiger partial charge in [-0.25, -0.2) is 0 Å². The number of ketones is 2. The fourth-order valence-electron chi connectivity index (χ4n) is 11.1. The zero-order valence-electron chi connectivity index (χ0n) is 50.7. The van der Waals surface area contributed by atoms with Gasteiger partial charge in [0, 0.05) is 11.8 Å². The Labute approximate surface area is 454 Å². The van der Waals surface area contributed by atoms with Gasteiger partial charge in [0.25, 0.3) is 0 Å². The Kier molecular flexibility index (Phi) is 8.71. The van der Waals surface area contributed by atoms with Gasteiger partial charge >= 0.3 is 359 Å². The number of aromatic nitrogens is 4. The minimum atomic E-state index is -0.706. The van der Waals surface area contributed by atoms with Gasteiger partial charge in [0.2, 0.25) is 0 Å². The summed E-state index contributed by atoms with van der Waals surface area (Å²) in [6, 6.07) is 38.2. The Bertz CT molecular complexity index is 4710. The van der Waals surface area contributed by atoms with Crippen LogP contribution in [0.3, 0.4) is 0 Å². The van der Waals surface area contributed by atoms with Crippen LogP contribution in [-0.2, 0) is 40.8 Å². The molecule has 7 nitrogen and oxygen atoms in total. The third-order valence-electron chi connectivity index (χ3n) is 14.6. The number of pyridine rings is 1. The van der Waals surface area contributed by atoms with Gasteiger partial charge in [-0.3, -0.25) is 0 Å². The number of imidazole rings is 1. The van der Waals surface area contributed by atoms with Crippen molar-refractivity contribution >= 4 is 44.4 Å². The number of rotatable bonds is 8. The first-order valence-corrected chi connectivity index (χ1v) is 25.6. The molecule has 1 fully saturated rings. The molecule has 3 aromatic heterocycles. The average molecular weight is 1150 g/mol. The van der Waals surface area contributed by atoms with Crippen LogP contribution in [-0.4, -0.2) is 30.3 Å². The first kappa shape index (κ1) is 36.0. The Hall–Kier alpha value is -7.99. The number of benzene rings is 8. The van der Waals surface area contributed by atoms with E-state index in [2.05, 4.69) is 106 Å². The van der Waals surface area contributed by atoms with Crippen LogP contribution in [0.1, 0.15) is 75.5 Å². The predicted octanol–water partition coefficient (Wildman–Crippen LogP) is 15.2. The standard InChI is InChI=1S/C66H50N4O3.Pt/c1-41-32-63(67-39-57(41)43-26-28-45(29-27-43)66(2,3)4)70-58-23-12-11-22-50(58)51-31-30-49(36-61(51)70)73-48-21-15-20-46(33-48)68-40-69(60-25-14-13-24-59(60)68)65-52(42-16-7-5-8-17-42)37-54-53-34-47(71)35-55(53)62(72)38-56(54)64(65)44-18-9-6-10-19-44;/h5-32,37,39,53,55H,34-35,38H2,1-4H3;/q-2;/i5D,6D,7D,8D,9D,10D,16D,17D,18D,19D;. The van der Waals surface area contributed by atoms with Crippen LogP contribution in [0.5, 0.6) is 11.5 Å². The molecule has 0 bridgehead atoms. The van der Waals surface area contributed by atoms with Crippen molar-refractivity contribution < 1.29 is 47.4 Å². The van der Waals surface area contributed by atoms with Crippen molar-refractivity contribution in [3.63, 3.8) is 0 Å². The fraction of sp³-hybridized carbons (Fsp3) is 0.152. The van der Waals surface area contributed by atoms with Gasteiger partial charge in [0.15, 0.2) is 0 Å². The van der Waals surface area contributed by atoms with Crippen molar-refractivity contribution in [2.75, 3.05) is 0 Å². The molecule has 2 aliphatic carbocycles. The number of Topliss-reactive ketones (excluding diaryl/α,β-unsaturated/α-hetero) is 2. The summed E-state index contributed by atoms with van der Waals surface area (Å²) in [5.74, 6) is -0.348. The maximum absolute atomic E-state index is 14.4. The normalized spacial score (nSPS) is 17.4. The van der Waals surface area contributed by atoms with Crippen LogP contribution in [0.2, 0.25) is 0 Å². The van der Waals surface area contributed by atoms with Crippen LogP contribution in [0.25, 0.3) is 83.4 Å². The molecule has 3 heterocycles. The second kappa shape index (κ2) is 17.9. The molecule has 0 N–H and O–H groups in total. The second-order valence-electron chi connectivity index (χ2n) is 20.0. The Morgan fingerprint density at radius 2 is 1.34 bits per heavy atom. The van der Waals surface area contributed by atoms with Crippen molar-refractivity contribution in [3.05, 3.63) is 220 Å². The van der Waals surface area contributed by atoms with Gasteiger partial charge in [0.05, 0.1) is 0 Å². The number of para-hydroxylation sites is 3. The molecule has 2 unspecified atom stereocenters. The van der Waals surface area contributed by atoms with Gasteiger partial charge in [-0.1, -0.05) is 57.2 Å². The van der Waals surface area contributed by atoms with Gasteiger partial charge < -0.3 is 0 Å². The van der Waals surface area contributed by atoms with E-state index < -0.39 is 72.3 Å². The second-order valence-corrected chi connectivity index (χ2v) is 21.1. The maximum atomic E-state index is 14.4. The van der Waals surface area contributed by atoms with Crippen LogP contribution in [0.4, 0.5) is 0 Å². The van der Waals surface area contributed by atoms with Crippen molar-refractivity contribution in [1.82, 2.24) is 18.7 Å². The SMILES string of the molecule is [2H]c1c([2H])c([2H])c(-c2cc3c(c(-c4c([2H])c([2H])c([2H])c([2H])c4[2H])c2-n2[c](=[Pt])n(-c4[c-]c(Oc5[c-]c6c(cc5)c5ccccc5n6-c5cc(C)c(-c6ccc(C(C)(C)C)cc6)cn5)ccc4)c4ccccc42)CC(=O)C2CC(=O)CC32)c([2H])c1[2H]. The van der Waals surface area contributed by atoms with E-state index >= 15 is 0 Å². The van der Waals surface area contributed by atoms with E-state index in [0.29, 0.717) is 49.0 Å². The van der Waals surface area contributed by atoms with Gasteiger partial charge in [-0.2, -0.15) is 0 Å². The van der Waals surface area contributed by atoms with E-state index in [1.807, 2.05) is 65.4 Å². The predicted molar refractivity (Wildman–Crippen MR) is 291 cm³/mol. The molecule has 2 aliphatic rings. The van der Waals surface area contributed by atoms with E-state index in [0.717, 1.165) is 38.5 Å². The molecule has 0 radical (unpaired) electrons. The molecular weight excluding hydrogens is 1090 g/mol. The topological polar surface area (TPSA) is 71.0 Å². The number of aryl methyl sites for hydroxylation is 1. The molecule has 364 valence electrons. The molecule has 0 saturated heterocycles. The fourth-order valence-corrected chi connectivity index (χ4v) is 12.2. The molecule has 2 atom stereocenters. The molecule has 8 heteroatoms. The Balaban J connectivity index is 0.997. The third-order valence-corrected chi connectivity index (χ3v) is 15.6. The molecule has 0 aliphatic heterocycles. The Morgan fingerprint density at radius 3 is 2.07 bits per heavy atom. The molecule has 13 rings (SSSR count). The van der Waals surface area contributed by atoms with Gasteiger partial charge in [0.1, 0.15) is 0 Å². The number of hydrogen-bond acceptors (Lipinski definition) is 4. The summed E-state index contributed by atoms with van der Waals surface area (Å²) in [4.78, 5) is 32.7. The van der Waals surface area contributed by atoms with E-state index in [9.17, 15) is 15.1 Å². The summed E-state index contributed by atoms with van der Waals surface area (Å²) in [5.41, 5.74) is 8.24. The van der Waals surface area contributed by atoms with E-state index in [4.69, 9.17) is 17.9 Å². The van der Waals surface area contributed by atoms with Crippen LogP contribution in [0, 0.1) is 28.8 Å². The van der Waals surface area contributed by atoms with Gasteiger partial charge in [-0.05, 0) is 29.0 Å². The molecule has 11 aromatic rings. The van der Waals surface area contributed by atoms with Gasteiger partial charge in [-0.15, -0.1) is 0 Å². The summed E-state index contributed by atoms with van der Waals surface area (Å²) in [6.07, 6.45) is 1.63. The van der Waals surface area contributed by atoms with E-state index in [1.165, 1.54) is 5.56 Å². The van der Waals surface area contributed by atoms with E-state index in [1.54, 1.807) is 22.8 Å². The molecule has 74 heavy (non-hydrogen) atoms. The Morgan fingerprint density at radius 1 is 0.662 bits per heavy atom. The van der Waals surface area contributed by atoms with E-state index in [-0.39, 0.29) is 64.2 Å². The number of carbonyl (C=O) groups excluding carboxylic acids is 2. The summed E-state index contributed by atoms with van der Waals surface area (Å²) in [6.45, 7) is 8.69. The van der Waals surface area contributed by atoms with Crippen LogP contribution < -0.4 is 4.74 Å². The number of fused-ring (bicyclic) bond motifs is 7. The minimum absolute atomic E-state index is 0.00449. The quantitative estimate of drug-likeness (QED) is 0.142. The van der Waals surface area contributed by atoms with Crippen molar-refractivity contribution in [2.24, 2.45) is 5.92 Å².